The predicted octanol–water partition coefficient (Wildman–Crippen LogP) is 2.25. The monoisotopic (exact) mass is 197 g/mol. The molecule has 0 saturated carbocycles. The Balaban J connectivity index is 2.14. The van der Waals surface area contributed by atoms with Gasteiger partial charge in [-0.2, -0.15) is 0 Å². The summed E-state index contributed by atoms with van der Waals surface area (Å²) in [5.41, 5.74) is 1.43. The van der Waals surface area contributed by atoms with Crippen LogP contribution in [0, 0.1) is 0 Å². The SMILES string of the molecule is CC[C@@H]1CC2=C(C=CNC2OC)S1. The third kappa shape index (κ3) is 1.63. The van der Waals surface area contributed by atoms with Crippen molar-refractivity contribution in [2.45, 2.75) is 31.2 Å². The van der Waals surface area contributed by atoms with E-state index in [9.17, 15) is 0 Å². The van der Waals surface area contributed by atoms with E-state index in [0.29, 0.717) is 0 Å². The molecule has 1 unspecified atom stereocenters. The van der Waals surface area contributed by atoms with E-state index in [4.69, 9.17) is 4.74 Å². The van der Waals surface area contributed by atoms with Crippen LogP contribution in [0.5, 0.6) is 0 Å². The molecule has 0 aliphatic carbocycles. The summed E-state index contributed by atoms with van der Waals surface area (Å²) in [7, 11) is 1.76. The molecule has 2 aliphatic heterocycles. The Bertz CT molecular complexity index is 260. The lowest BCUT2D eigenvalue weighted by Gasteiger charge is -2.20. The Morgan fingerprint density at radius 2 is 2.54 bits per heavy atom. The number of hydrogen-bond acceptors (Lipinski definition) is 3. The van der Waals surface area contributed by atoms with Gasteiger partial charge in [-0.25, -0.2) is 0 Å². The summed E-state index contributed by atoms with van der Waals surface area (Å²) in [6, 6.07) is 0. The van der Waals surface area contributed by atoms with Gasteiger partial charge in [0.15, 0.2) is 6.23 Å². The van der Waals surface area contributed by atoms with Crippen LogP contribution in [0.3, 0.4) is 0 Å². The third-order valence-corrected chi connectivity index (χ3v) is 4.03. The van der Waals surface area contributed by atoms with Gasteiger partial charge in [0.05, 0.1) is 0 Å². The summed E-state index contributed by atoms with van der Waals surface area (Å²) < 4.78 is 5.36. The van der Waals surface area contributed by atoms with Crippen molar-refractivity contribution in [3.63, 3.8) is 0 Å². The molecule has 0 aromatic rings. The number of thioether (sulfide) groups is 1. The quantitative estimate of drug-likeness (QED) is 0.733. The van der Waals surface area contributed by atoms with Gasteiger partial charge in [0.2, 0.25) is 0 Å². The molecule has 2 heterocycles. The van der Waals surface area contributed by atoms with Gasteiger partial charge in [0.25, 0.3) is 0 Å². The number of rotatable bonds is 2. The fraction of sp³-hybridized carbons (Fsp3) is 0.600. The lowest BCUT2D eigenvalue weighted by Crippen LogP contribution is -2.30. The molecular weight excluding hydrogens is 182 g/mol. The summed E-state index contributed by atoms with van der Waals surface area (Å²) >= 11 is 1.99. The summed E-state index contributed by atoms with van der Waals surface area (Å²) in [5.74, 6) is 0. The summed E-state index contributed by atoms with van der Waals surface area (Å²) in [6.07, 6.45) is 6.67. The third-order valence-electron chi connectivity index (χ3n) is 2.55. The second kappa shape index (κ2) is 3.76. The van der Waals surface area contributed by atoms with Crippen molar-refractivity contribution in [2.75, 3.05) is 7.11 Å². The largest absolute Gasteiger partial charge is 0.363 e. The zero-order valence-corrected chi connectivity index (χ0v) is 8.86. The van der Waals surface area contributed by atoms with Crippen LogP contribution < -0.4 is 5.32 Å². The molecule has 3 heteroatoms. The van der Waals surface area contributed by atoms with Crippen molar-refractivity contribution in [1.29, 1.82) is 0 Å². The van der Waals surface area contributed by atoms with E-state index < -0.39 is 0 Å². The normalized spacial score (nSPS) is 31.8. The highest BCUT2D eigenvalue weighted by Crippen LogP contribution is 2.42. The van der Waals surface area contributed by atoms with E-state index in [0.717, 1.165) is 5.25 Å². The summed E-state index contributed by atoms with van der Waals surface area (Å²) in [6.45, 7) is 2.25. The topological polar surface area (TPSA) is 21.3 Å². The zero-order chi connectivity index (χ0) is 9.26. The Hall–Kier alpha value is -0.410. The minimum Gasteiger partial charge on any atom is -0.363 e. The van der Waals surface area contributed by atoms with Crippen LogP contribution >= 0.6 is 11.8 Å². The predicted molar refractivity (Wildman–Crippen MR) is 56.4 cm³/mol. The van der Waals surface area contributed by atoms with Gasteiger partial charge < -0.3 is 10.1 Å². The second-order valence-corrected chi connectivity index (χ2v) is 4.70. The first-order valence-corrected chi connectivity index (χ1v) is 5.58. The molecule has 0 fully saturated rings. The molecule has 2 atom stereocenters. The first-order chi connectivity index (χ1) is 6.35. The first kappa shape index (κ1) is 9.16. The molecule has 0 saturated heterocycles. The molecule has 1 N–H and O–H groups in total. The molecule has 0 aromatic heterocycles. The van der Waals surface area contributed by atoms with Gasteiger partial charge in [-0.15, -0.1) is 11.8 Å². The first-order valence-electron chi connectivity index (χ1n) is 4.70. The van der Waals surface area contributed by atoms with Gasteiger partial charge in [-0.3, -0.25) is 0 Å². The maximum Gasteiger partial charge on any atom is 0.150 e. The maximum absolute atomic E-state index is 5.36. The highest BCUT2D eigenvalue weighted by Gasteiger charge is 2.29. The van der Waals surface area contributed by atoms with Crippen LogP contribution in [0.25, 0.3) is 0 Å². The number of allylic oxidation sites excluding steroid dienone is 1. The van der Waals surface area contributed by atoms with Crippen molar-refractivity contribution in [3.8, 4) is 0 Å². The van der Waals surface area contributed by atoms with E-state index in [2.05, 4.69) is 18.3 Å². The zero-order valence-electron chi connectivity index (χ0n) is 8.04. The van der Waals surface area contributed by atoms with Crippen molar-refractivity contribution < 1.29 is 4.74 Å². The lowest BCUT2D eigenvalue weighted by atomic mass is 10.1. The van der Waals surface area contributed by atoms with Gasteiger partial charge >= 0.3 is 0 Å². The molecule has 13 heavy (non-hydrogen) atoms. The van der Waals surface area contributed by atoms with E-state index >= 15 is 0 Å². The molecular formula is C10H15NOS. The van der Waals surface area contributed by atoms with E-state index in [1.165, 1.54) is 23.3 Å². The molecule has 0 radical (unpaired) electrons. The Morgan fingerprint density at radius 3 is 3.23 bits per heavy atom. The van der Waals surface area contributed by atoms with E-state index in [1.807, 2.05) is 18.0 Å². The summed E-state index contributed by atoms with van der Waals surface area (Å²) in [5, 5.41) is 3.97. The number of dihydropyridines is 1. The van der Waals surface area contributed by atoms with Crippen LogP contribution in [-0.4, -0.2) is 18.6 Å². The second-order valence-electron chi connectivity index (χ2n) is 3.36. The molecule has 2 aliphatic rings. The molecule has 2 rings (SSSR count). The van der Waals surface area contributed by atoms with Gasteiger partial charge in [0.1, 0.15) is 0 Å². The van der Waals surface area contributed by atoms with Crippen molar-refractivity contribution in [2.24, 2.45) is 0 Å². The molecule has 0 spiro atoms. The average Bonchev–Trinajstić information content (AvgIpc) is 2.59. The van der Waals surface area contributed by atoms with Crippen molar-refractivity contribution in [1.82, 2.24) is 5.32 Å². The number of hydrogen-bond donors (Lipinski definition) is 1. The highest BCUT2D eigenvalue weighted by molar-refractivity contribution is 8.04. The van der Waals surface area contributed by atoms with Crippen LogP contribution in [0.15, 0.2) is 22.8 Å². The fourth-order valence-electron chi connectivity index (χ4n) is 1.78. The number of nitrogens with one attached hydrogen (secondary N) is 1. The summed E-state index contributed by atoms with van der Waals surface area (Å²) in [4.78, 5) is 1.41. The number of methoxy groups -OCH3 is 1. The van der Waals surface area contributed by atoms with Crippen LogP contribution in [0.4, 0.5) is 0 Å². The molecule has 2 nitrogen and oxygen atoms in total. The van der Waals surface area contributed by atoms with Crippen molar-refractivity contribution >= 4 is 11.8 Å². The maximum atomic E-state index is 5.36. The van der Waals surface area contributed by atoms with Crippen LogP contribution in [-0.2, 0) is 4.74 Å². The fourth-order valence-corrected chi connectivity index (χ4v) is 3.05. The van der Waals surface area contributed by atoms with Crippen LogP contribution in [0.1, 0.15) is 19.8 Å². The molecule has 0 aromatic carbocycles. The minimum absolute atomic E-state index is 0.115. The van der Waals surface area contributed by atoms with Gasteiger partial charge in [-0.1, -0.05) is 6.92 Å². The number of ether oxygens (including phenoxy) is 1. The van der Waals surface area contributed by atoms with Gasteiger partial charge in [0, 0.05) is 17.3 Å². The average molecular weight is 197 g/mol. The van der Waals surface area contributed by atoms with Gasteiger partial charge in [-0.05, 0) is 30.7 Å². The Labute approximate surface area is 83.4 Å². The lowest BCUT2D eigenvalue weighted by molar-refractivity contribution is 0.111. The standard InChI is InChI=1S/C10H15NOS/c1-3-7-6-8-9(13-7)4-5-11-10(8)12-2/h4-5,7,10-11H,3,6H2,1-2H3/t7-,10?/m1/s1. The smallest absolute Gasteiger partial charge is 0.150 e. The van der Waals surface area contributed by atoms with Crippen LogP contribution in [0.2, 0.25) is 0 Å². The highest BCUT2D eigenvalue weighted by atomic mass is 32.2. The molecule has 72 valence electrons. The molecule has 0 bridgehead atoms. The Morgan fingerprint density at radius 1 is 1.69 bits per heavy atom. The van der Waals surface area contributed by atoms with Crippen molar-refractivity contribution in [3.05, 3.63) is 22.8 Å². The minimum atomic E-state index is 0.115. The van der Waals surface area contributed by atoms with E-state index in [-0.39, 0.29) is 6.23 Å². The Kier molecular flexibility index (Phi) is 2.65. The molecule has 0 amide bonds. The van der Waals surface area contributed by atoms with E-state index in [1.54, 1.807) is 7.11 Å².